The van der Waals surface area contributed by atoms with Gasteiger partial charge in [0.2, 0.25) is 5.91 Å². The molecular weight excluding hydrogens is 424 g/mol. The van der Waals surface area contributed by atoms with Gasteiger partial charge in [-0.05, 0) is 43.5 Å². The third-order valence-electron chi connectivity index (χ3n) is 5.03. The number of thioether (sulfide) groups is 2. The van der Waals surface area contributed by atoms with Crippen LogP contribution in [0.3, 0.4) is 0 Å². The van der Waals surface area contributed by atoms with E-state index in [0.29, 0.717) is 12.3 Å². The molecule has 1 saturated heterocycles. The van der Waals surface area contributed by atoms with Crippen LogP contribution in [0.4, 0.5) is 0 Å². The number of amides is 1. The summed E-state index contributed by atoms with van der Waals surface area (Å²) < 4.78 is 7.87. The van der Waals surface area contributed by atoms with Gasteiger partial charge >= 0.3 is 0 Å². The van der Waals surface area contributed by atoms with E-state index in [0.717, 1.165) is 22.2 Å². The van der Waals surface area contributed by atoms with Crippen molar-refractivity contribution < 1.29 is 29.1 Å². The van der Waals surface area contributed by atoms with Gasteiger partial charge in [-0.2, -0.15) is 4.57 Å². The minimum absolute atomic E-state index is 0.103. The highest BCUT2D eigenvalue weighted by molar-refractivity contribution is 8.03. The first-order valence-electron chi connectivity index (χ1n) is 9.32. The van der Waals surface area contributed by atoms with Crippen LogP contribution in [-0.4, -0.2) is 39.6 Å². The zero-order valence-corrected chi connectivity index (χ0v) is 18.0. The van der Waals surface area contributed by atoms with Crippen molar-refractivity contribution in [2.75, 3.05) is 6.26 Å². The summed E-state index contributed by atoms with van der Waals surface area (Å²) in [7, 11) is 0. The van der Waals surface area contributed by atoms with E-state index in [1.54, 1.807) is 23.9 Å². The highest BCUT2D eigenvalue weighted by Gasteiger charge is 2.57. The number of hydrogen-bond donors (Lipinski definition) is 1. The average molecular weight is 445 g/mol. The fraction of sp³-hybridized carbons (Fsp3) is 0.286. The molecule has 0 aliphatic carbocycles. The molecule has 0 saturated carbocycles. The number of carboxylic acid groups (broad SMARTS) is 1. The number of benzene rings is 1. The smallest absolute Gasteiger partial charge is 0.236 e. The molecule has 0 bridgehead atoms. The van der Waals surface area contributed by atoms with E-state index >= 15 is 0 Å². The molecule has 7 nitrogen and oxygen atoms in total. The monoisotopic (exact) mass is 444 g/mol. The second kappa shape index (κ2) is 8.33. The minimum atomic E-state index is -1.47. The lowest BCUT2D eigenvalue weighted by Crippen LogP contribution is -2.61. The molecule has 2 aromatic rings. The van der Waals surface area contributed by atoms with E-state index in [1.807, 2.05) is 30.7 Å². The number of carboxylic acids is 1. The van der Waals surface area contributed by atoms with Crippen molar-refractivity contribution in [2.24, 2.45) is 5.92 Å². The highest BCUT2D eigenvalue weighted by atomic mass is 32.2. The summed E-state index contributed by atoms with van der Waals surface area (Å²) in [5.74, 6) is -2.09. The SMILES string of the molecule is CSc1ccc[n+](Cc2ccc(OC3=C(C(=O)[O-])N4C(=O)[C@H]([C@@H](C)O)[C@H]4S3)cc2)c1. The summed E-state index contributed by atoms with van der Waals surface area (Å²) in [6.45, 7) is 2.21. The Morgan fingerprint density at radius 1 is 1.37 bits per heavy atom. The van der Waals surface area contributed by atoms with Gasteiger partial charge in [0.25, 0.3) is 0 Å². The van der Waals surface area contributed by atoms with Crippen LogP contribution in [0.1, 0.15) is 12.5 Å². The van der Waals surface area contributed by atoms with Crippen LogP contribution in [-0.2, 0) is 16.1 Å². The third kappa shape index (κ3) is 3.80. The van der Waals surface area contributed by atoms with Gasteiger partial charge in [-0.1, -0.05) is 11.8 Å². The number of carbonyl (C=O) groups excluding carboxylic acids is 2. The van der Waals surface area contributed by atoms with Crippen molar-refractivity contribution >= 4 is 35.4 Å². The normalized spacial score (nSPS) is 21.3. The number of carbonyl (C=O) groups is 2. The molecule has 1 aromatic carbocycles. The number of hydrogen-bond acceptors (Lipinski definition) is 7. The van der Waals surface area contributed by atoms with Crippen molar-refractivity contribution in [3.05, 3.63) is 65.1 Å². The quantitative estimate of drug-likeness (QED) is 0.386. The largest absolute Gasteiger partial charge is 0.543 e. The second-order valence-corrected chi connectivity index (χ2v) is 9.04. The minimum Gasteiger partial charge on any atom is -0.543 e. The molecule has 3 atom stereocenters. The van der Waals surface area contributed by atoms with Crippen molar-refractivity contribution in [1.29, 1.82) is 0 Å². The van der Waals surface area contributed by atoms with Crippen LogP contribution in [0.2, 0.25) is 0 Å². The Morgan fingerprint density at radius 3 is 2.73 bits per heavy atom. The van der Waals surface area contributed by atoms with Crippen molar-refractivity contribution in [1.82, 2.24) is 4.90 Å². The van der Waals surface area contributed by atoms with E-state index in [1.165, 1.54) is 11.8 Å². The molecule has 2 aliphatic heterocycles. The number of aliphatic hydroxyl groups excluding tert-OH is 1. The molecule has 1 fully saturated rings. The first kappa shape index (κ1) is 20.8. The van der Waals surface area contributed by atoms with Crippen LogP contribution in [0.15, 0.2) is 64.5 Å². The van der Waals surface area contributed by atoms with Crippen LogP contribution in [0, 0.1) is 5.92 Å². The summed E-state index contributed by atoms with van der Waals surface area (Å²) in [4.78, 5) is 26.1. The Balaban J connectivity index is 1.49. The maximum atomic E-state index is 12.2. The number of aliphatic carboxylic acids is 1. The zero-order chi connectivity index (χ0) is 21.4. The van der Waals surface area contributed by atoms with Gasteiger partial charge in [-0.3, -0.25) is 9.69 Å². The summed E-state index contributed by atoms with van der Waals surface area (Å²) in [6.07, 6.45) is 5.23. The Hall–Kier alpha value is -2.49. The summed E-state index contributed by atoms with van der Waals surface area (Å²) >= 11 is 2.80. The fourth-order valence-electron chi connectivity index (χ4n) is 3.51. The number of β-lactam (4-membered cyclic amide) rings is 1. The Bertz CT molecular complexity index is 1020. The number of nitrogens with zero attached hydrogens (tertiary/aromatic N) is 2. The second-order valence-electron chi connectivity index (χ2n) is 7.07. The number of aliphatic hydroxyl groups is 1. The van der Waals surface area contributed by atoms with Gasteiger partial charge in [0.15, 0.2) is 24.0 Å². The van der Waals surface area contributed by atoms with E-state index in [9.17, 15) is 19.8 Å². The van der Waals surface area contributed by atoms with Gasteiger partial charge in [-0.25, -0.2) is 0 Å². The zero-order valence-electron chi connectivity index (χ0n) is 16.3. The molecular formula is C21H20N2O5S2. The molecule has 4 rings (SSSR count). The van der Waals surface area contributed by atoms with Crippen LogP contribution in [0.25, 0.3) is 0 Å². The molecule has 0 unspecified atom stereocenters. The number of aromatic nitrogens is 1. The third-order valence-corrected chi connectivity index (χ3v) is 6.97. The number of pyridine rings is 1. The number of fused-ring (bicyclic) bond motifs is 1. The van der Waals surface area contributed by atoms with Gasteiger partial charge in [0.1, 0.15) is 16.8 Å². The van der Waals surface area contributed by atoms with E-state index in [4.69, 9.17) is 4.74 Å². The first-order chi connectivity index (χ1) is 14.4. The van der Waals surface area contributed by atoms with Gasteiger partial charge in [0.05, 0.1) is 22.9 Å². The first-order valence-corrected chi connectivity index (χ1v) is 11.4. The lowest BCUT2D eigenvalue weighted by Gasteiger charge is -2.44. The van der Waals surface area contributed by atoms with E-state index < -0.39 is 29.3 Å². The highest BCUT2D eigenvalue weighted by Crippen LogP contribution is 2.50. The van der Waals surface area contributed by atoms with E-state index in [-0.39, 0.29) is 10.8 Å². The Morgan fingerprint density at radius 2 is 2.10 bits per heavy atom. The maximum absolute atomic E-state index is 12.2. The molecule has 0 radical (unpaired) electrons. The maximum Gasteiger partial charge on any atom is 0.236 e. The molecule has 0 spiro atoms. The Labute approximate surface area is 182 Å². The lowest BCUT2D eigenvalue weighted by molar-refractivity contribution is -0.690. The van der Waals surface area contributed by atoms with Gasteiger partial charge in [0, 0.05) is 11.6 Å². The predicted octanol–water partition coefficient (Wildman–Crippen LogP) is 0.954. The van der Waals surface area contributed by atoms with Gasteiger partial charge < -0.3 is 19.7 Å². The topological polar surface area (TPSA) is 93.8 Å². The molecule has 1 amide bonds. The van der Waals surface area contributed by atoms with E-state index in [2.05, 4.69) is 16.8 Å². The summed E-state index contributed by atoms with van der Waals surface area (Å²) in [5.41, 5.74) is 0.785. The van der Waals surface area contributed by atoms with Crippen molar-refractivity contribution in [2.45, 2.75) is 29.8 Å². The summed E-state index contributed by atoms with van der Waals surface area (Å²) in [6, 6.07) is 11.4. The van der Waals surface area contributed by atoms with Crippen LogP contribution >= 0.6 is 23.5 Å². The molecule has 1 N–H and O–H groups in total. The number of rotatable bonds is 7. The fourth-order valence-corrected chi connectivity index (χ4v) is 5.43. The van der Waals surface area contributed by atoms with Crippen LogP contribution in [0.5, 0.6) is 5.75 Å². The molecule has 30 heavy (non-hydrogen) atoms. The predicted molar refractivity (Wildman–Crippen MR) is 110 cm³/mol. The van der Waals surface area contributed by atoms with Crippen molar-refractivity contribution in [3.63, 3.8) is 0 Å². The molecule has 1 aromatic heterocycles. The molecule has 9 heteroatoms. The molecule has 3 heterocycles. The molecule has 156 valence electrons. The average Bonchev–Trinajstić information content (AvgIpc) is 3.03. The molecule has 2 aliphatic rings. The van der Waals surface area contributed by atoms with Crippen molar-refractivity contribution in [3.8, 4) is 5.75 Å². The summed E-state index contributed by atoms with van der Waals surface area (Å²) in [5, 5.41) is 21.0. The Kier molecular flexibility index (Phi) is 5.77. The van der Waals surface area contributed by atoms with Crippen LogP contribution < -0.4 is 14.4 Å². The standard InChI is InChI=1S/C21H20N2O5S2/c1-12(24)16-18(25)23-17(20(26)27)21(30-19(16)23)28-14-7-5-13(6-8-14)10-22-9-3-4-15(11-22)29-2/h3-9,11-12,16,19,24H,10H2,1-2H3/t12-,16+,19-/m1/s1. The lowest BCUT2D eigenvalue weighted by atomic mass is 9.92. The number of ether oxygens (including phenoxy) is 1. The van der Waals surface area contributed by atoms with Gasteiger partial charge in [-0.15, -0.1) is 11.8 Å².